The van der Waals surface area contributed by atoms with Gasteiger partial charge in [0.1, 0.15) is 5.82 Å². The zero-order valence-electron chi connectivity index (χ0n) is 21.2. The SMILES string of the molecule is COc1cc2c(cc1O)N(C(=O)O)C(O[Si](C)(C)C(C)(C)C)C1CC(c3ccc(F)cc3)=CN1C2=O. The Bertz CT molecular complexity index is 1240. The molecule has 192 valence electrons. The number of methoxy groups -OCH3 is 1. The molecule has 8 nitrogen and oxygen atoms in total. The lowest BCUT2D eigenvalue weighted by Gasteiger charge is -2.44. The molecule has 2 aromatic carbocycles. The van der Waals surface area contributed by atoms with Gasteiger partial charge in [0.05, 0.1) is 24.4 Å². The molecule has 10 heteroatoms. The molecule has 2 aliphatic rings. The van der Waals surface area contributed by atoms with E-state index >= 15 is 0 Å². The summed E-state index contributed by atoms with van der Waals surface area (Å²) in [7, 11) is -1.20. The maximum absolute atomic E-state index is 13.8. The van der Waals surface area contributed by atoms with Gasteiger partial charge in [-0.25, -0.2) is 14.1 Å². The largest absolute Gasteiger partial charge is 0.504 e. The molecule has 2 heterocycles. The number of ether oxygens (including phenoxy) is 1. The van der Waals surface area contributed by atoms with E-state index in [0.717, 1.165) is 16.0 Å². The van der Waals surface area contributed by atoms with E-state index in [1.54, 1.807) is 18.3 Å². The summed E-state index contributed by atoms with van der Waals surface area (Å²) in [6.45, 7) is 10.2. The van der Waals surface area contributed by atoms with Gasteiger partial charge in [-0.2, -0.15) is 0 Å². The molecule has 0 saturated heterocycles. The van der Waals surface area contributed by atoms with Gasteiger partial charge in [0.25, 0.3) is 5.91 Å². The van der Waals surface area contributed by atoms with Crippen molar-refractivity contribution in [2.45, 2.75) is 57.6 Å². The number of fused-ring (bicyclic) bond motifs is 2. The summed E-state index contributed by atoms with van der Waals surface area (Å²) in [6.07, 6.45) is -0.376. The lowest BCUT2D eigenvalue weighted by atomic mass is 10.0. The highest BCUT2D eigenvalue weighted by atomic mass is 28.4. The van der Waals surface area contributed by atoms with Crippen molar-refractivity contribution in [1.29, 1.82) is 0 Å². The molecule has 0 aromatic heterocycles. The second-order valence-corrected chi connectivity index (χ2v) is 15.4. The van der Waals surface area contributed by atoms with Crippen LogP contribution in [0.3, 0.4) is 0 Å². The summed E-state index contributed by atoms with van der Waals surface area (Å²) >= 11 is 0. The van der Waals surface area contributed by atoms with Gasteiger partial charge in [-0.3, -0.25) is 4.79 Å². The van der Waals surface area contributed by atoms with E-state index in [1.807, 2.05) is 33.9 Å². The summed E-state index contributed by atoms with van der Waals surface area (Å²) in [4.78, 5) is 29.1. The predicted octanol–water partition coefficient (Wildman–Crippen LogP) is 5.64. The second kappa shape index (κ2) is 8.93. The highest BCUT2D eigenvalue weighted by molar-refractivity contribution is 6.74. The lowest BCUT2D eigenvalue weighted by Crippen LogP contribution is -2.57. The van der Waals surface area contributed by atoms with Crippen molar-refractivity contribution in [3.8, 4) is 11.5 Å². The van der Waals surface area contributed by atoms with E-state index in [4.69, 9.17) is 9.16 Å². The van der Waals surface area contributed by atoms with E-state index in [2.05, 4.69) is 0 Å². The number of phenols is 1. The van der Waals surface area contributed by atoms with Gasteiger partial charge in [0.15, 0.2) is 26.0 Å². The number of halogens is 1. The van der Waals surface area contributed by atoms with Crippen LogP contribution < -0.4 is 9.64 Å². The quantitative estimate of drug-likeness (QED) is 0.512. The summed E-state index contributed by atoms with van der Waals surface area (Å²) < 4.78 is 25.4. The van der Waals surface area contributed by atoms with Crippen LogP contribution in [-0.2, 0) is 4.43 Å². The Kier molecular flexibility index (Phi) is 6.38. The predicted molar refractivity (Wildman–Crippen MR) is 136 cm³/mol. The molecule has 0 saturated carbocycles. The van der Waals surface area contributed by atoms with Crippen LogP contribution in [0.2, 0.25) is 18.1 Å². The van der Waals surface area contributed by atoms with Crippen LogP contribution >= 0.6 is 0 Å². The Hall–Kier alpha value is -3.37. The minimum atomic E-state index is -2.55. The van der Waals surface area contributed by atoms with Crippen molar-refractivity contribution >= 4 is 31.6 Å². The van der Waals surface area contributed by atoms with E-state index < -0.39 is 32.6 Å². The number of aromatic hydroxyl groups is 1. The topological polar surface area (TPSA) is 99.5 Å². The fourth-order valence-electron chi connectivity index (χ4n) is 4.31. The molecule has 36 heavy (non-hydrogen) atoms. The third-order valence-corrected chi connectivity index (χ3v) is 11.8. The number of benzene rings is 2. The first kappa shape index (κ1) is 25.7. The monoisotopic (exact) mass is 514 g/mol. The van der Waals surface area contributed by atoms with E-state index in [0.29, 0.717) is 6.42 Å². The van der Waals surface area contributed by atoms with Crippen LogP contribution in [0, 0.1) is 5.82 Å². The summed E-state index contributed by atoms with van der Waals surface area (Å²) in [5.74, 6) is -1.06. The highest BCUT2D eigenvalue weighted by Gasteiger charge is 2.50. The molecule has 4 rings (SSSR count). The highest BCUT2D eigenvalue weighted by Crippen LogP contribution is 2.46. The number of nitrogens with zero attached hydrogens (tertiary/aromatic N) is 2. The van der Waals surface area contributed by atoms with Crippen LogP contribution in [0.25, 0.3) is 5.57 Å². The molecule has 2 aliphatic heterocycles. The van der Waals surface area contributed by atoms with E-state index in [-0.39, 0.29) is 33.6 Å². The standard InChI is InChI=1S/C26H31FN2O6Si/c1-26(2,3)36(5,6)35-24-20-11-16(15-7-9-17(27)10-8-15)14-28(20)23(31)18-12-22(34-4)21(30)13-19(18)29(24)25(32)33/h7-10,12-14,20,24,30H,11H2,1-6H3,(H,32,33). The fraction of sp³-hybridized carbons (Fsp3) is 0.385. The van der Waals surface area contributed by atoms with Crippen LogP contribution in [-0.4, -0.2) is 54.8 Å². The van der Waals surface area contributed by atoms with Crippen molar-refractivity contribution in [2.75, 3.05) is 12.0 Å². The van der Waals surface area contributed by atoms with Gasteiger partial charge >= 0.3 is 6.09 Å². The second-order valence-electron chi connectivity index (χ2n) is 10.6. The van der Waals surface area contributed by atoms with Crippen molar-refractivity contribution in [3.63, 3.8) is 0 Å². The maximum Gasteiger partial charge on any atom is 0.414 e. The minimum Gasteiger partial charge on any atom is -0.504 e. The number of anilines is 1. The summed E-state index contributed by atoms with van der Waals surface area (Å²) in [5.41, 5.74) is 1.58. The molecule has 2 atom stereocenters. The molecule has 0 spiro atoms. The Morgan fingerprint density at radius 2 is 1.81 bits per heavy atom. The number of carbonyl (C=O) groups is 2. The van der Waals surface area contributed by atoms with Gasteiger partial charge in [-0.15, -0.1) is 0 Å². The van der Waals surface area contributed by atoms with Gasteiger partial charge in [-0.1, -0.05) is 32.9 Å². The first-order valence-electron chi connectivity index (χ1n) is 11.7. The average molecular weight is 515 g/mol. The smallest absolute Gasteiger partial charge is 0.414 e. The number of rotatable bonds is 4. The number of amides is 2. The van der Waals surface area contributed by atoms with Crippen molar-refractivity contribution in [1.82, 2.24) is 4.90 Å². The number of carbonyl (C=O) groups excluding carboxylic acids is 1. The number of hydrogen-bond acceptors (Lipinski definition) is 5. The van der Waals surface area contributed by atoms with Crippen LogP contribution in [0.5, 0.6) is 11.5 Å². The van der Waals surface area contributed by atoms with Crippen molar-refractivity contribution in [3.05, 3.63) is 59.5 Å². The summed E-state index contributed by atoms with van der Waals surface area (Å²) in [5, 5.41) is 20.6. The minimum absolute atomic E-state index is 0.0284. The molecule has 0 radical (unpaired) electrons. The van der Waals surface area contributed by atoms with Gasteiger partial charge in [0, 0.05) is 12.3 Å². The zero-order chi connectivity index (χ0) is 26.6. The molecule has 0 fully saturated rings. The number of carboxylic acid groups (broad SMARTS) is 1. The first-order valence-corrected chi connectivity index (χ1v) is 14.6. The Labute approximate surface area is 210 Å². The van der Waals surface area contributed by atoms with Gasteiger partial charge < -0.3 is 24.3 Å². The molecule has 0 bridgehead atoms. The van der Waals surface area contributed by atoms with E-state index in [1.165, 1.54) is 36.3 Å². The number of hydrogen-bond donors (Lipinski definition) is 2. The van der Waals surface area contributed by atoms with Crippen LogP contribution in [0.15, 0.2) is 42.6 Å². The third kappa shape index (κ3) is 4.35. The lowest BCUT2D eigenvalue weighted by molar-refractivity contribution is 0.0605. The maximum atomic E-state index is 13.8. The van der Waals surface area contributed by atoms with Gasteiger partial charge in [-0.05, 0) is 53.9 Å². The number of phenolic OH excluding ortho intramolecular Hbond substituents is 1. The summed E-state index contributed by atoms with van der Waals surface area (Å²) in [6, 6.07) is 7.85. The molecule has 2 aromatic rings. The molecule has 2 amide bonds. The van der Waals surface area contributed by atoms with E-state index in [9.17, 15) is 24.2 Å². The Morgan fingerprint density at radius 1 is 1.17 bits per heavy atom. The fourth-order valence-corrected chi connectivity index (χ4v) is 5.53. The molecule has 2 unspecified atom stereocenters. The molecule has 2 N–H and O–H groups in total. The average Bonchev–Trinajstić information content (AvgIpc) is 3.20. The first-order chi connectivity index (χ1) is 16.7. The molecular weight excluding hydrogens is 483 g/mol. The molecule has 0 aliphatic carbocycles. The van der Waals surface area contributed by atoms with Crippen LogP contribution in [0.4, 0.5) is 14.9 Å². The van der Waals surface area contributed by atoms with Crippen LogP contribution in [0.1, 0.15) is 43.1 Å². The molecular formula is C26H31FN2O6Si. The zero-order valence-corrected chi connectivity index (χ0v) is 22.2. The van der Waals surface area contributed by atoms with Crippen molar-refractivity contribution < 1.29 is 33.4 Å². The van der Waals surface area contributed by atoms with Crippen molar-refractivity contribution in [2.24, 2.45) is 0 Å². The van der Waals surface area contributed by atoms with Gasteiger partial charge in [0.2, 0.25) is 0 Å². The Balaban J connectivity index is 1.92. The third-order valence-electron chi connectivity index (χ3n) is 7.33. The Morgan fingerprint density at radius 3 is 2.36 bits per heavy atom. The normalized spacial score (nSPS) is 20.0.